The van der Waals surface area contributed by atoms with E-state index in [-0.39, 0.29) is 5.60 Å². The normalized spacial score (nSPS) is 27.2. The molecule has 1 aliphatic heterocycles. The number of rotatable bonds is 5. The largest absolute Gasteiger partial charge is 0.382 e. The van der Waals surface area contributed by atoms with Gasteiger partial charge in [-0.3, -0.25) is 0 Å². The summed E-state index contributed by atoms with van der Waals surface area (Å²) in [7, 11) is 0. The van der Waals surface area contributed by atoms with Crippen molar-refractivity contribution in [1.29, 1.82) is 0 Å². The van der Waals surface area contributed by atoms with Crippen molar-refractivity contribution in [3.8, 4) is 0 Å². The van der Waals surface area contributed by atoms with E-state index in [1.54, 1.807) is 0 Å². The smallest absolute Gasteiger partial charge is 0.0671 e. The number of para-hydroxylation sites is 1. The number of ether oxygens (including phenoxy) is 1. The molecule has 19 heavy (non-hydrogen) atoms. The molecule has 0 radical (unpaired) electrons. The minimum absolute atomic E-state index is 0.0512. The summed E-state index contributed by atoms with van der Waals surface area (Å²) in [5, 5.41) is 3.74. The van der Waals surface area contributed by atoms with Crippen molar-refractivity contribution in [2.75, 3.05) is 11.9 Å². The Hall–Kier alpha value is -1.02. The van der Waals surface area contributed by atoms with E-state index in [0.717, 1.165) is 32.3 Å². The molecule has 2 atom stereocenters. The first-order valence-electron chi connectivity index (χ1n) is 7.65. The summed E-state index contributed by atoms with van der Waals surface area (Å²) in [6.07, 6.45) is 5.64. The average molecular weight is 261 g/mol. The van der Waals surface area contributed by atoms with E-state index in [1.165, 1.54) is 17.7 Å². The quantitative estimate of drug-likeness (QED) is 0.848. The lowest BCUT2D eigenvalue weighted by atomic mass is 9.89. The van der Waals surface area contributed by atoms with E-state index >= 15 is 0 Å². The molecule has 0 aromatic heterocycles. The predicted molar refractivity (Wildman–Crippen MR) is 81.7 cm³/mol. The van der Waals surface area contributed by atoms with Gasteiger partial charge in [-0.05, 0) is 44.2 Å². The lowest BCUT2D eigenvalue weighted by molar-refractivity contribution is -0.0708. The van der Waals surface area contributed by atoms with E-state index in [2.05, 4.69) is 50.4 Å². The van der Waals surface area contributed by atoms with Crippen LogP contribution in [0.3, 0.4) is 0 Å². The van der Waals surface area contributed by atoms with Crippen LogP contribution in [0.15, 0.2) is 24.3 Å². The van der Waals surface area contributed by atoms with E-state index in [1.807, 2.05) is 0 Å². The van der Waals surface area contributed by atoms with Crippen LogP contribution in [0.5, 0.6) is 0 Å². The first-order chi connectivity index (χ1) is 9.17. The van der Waals surface area contributed by atoms with Crippen LogP contribution in [0.2, 0.25) is 0 Å². The van der Waals surface area contributed by atoms with E-state index < -0.39 is 0 Å². The molecule has 1 aromatic carbocycles. The van der Waals surface area contributed by atoms with Gasteiger partial charge in [-0.25, -0.2) is 0 Å². The van der Waals surface area contributed by atoms with Crippen LogP contribution < -0.4 is 5.32 Å². The lowest BCUT2D eigenvalue weighted by Gasteiger charge is -2.38. The Morgan fingerprint density at radius 1 is 1.32 bits per heavy atom. The van der Waals surface area contributed by atoms with Gasteiger partial charge in [0.15, 0.2) is 0 Å². The number of aryl methyl sites for hydroxylation is 1. The van der Waals surface area contributed by atoms with Crippen molar-refractivity contribution in [3.05, 3.63) is 29.8 Å². The molecule has 1 aliphatic rings. The molecule has 0 spiro atoms. The van der Waals surface area contributed by atoms with Gasteiger partial charge in [0, 0.05) is 18.3 Å². The van der Waals surface area contributed by atoms with Crippen molar-refractivity contribution in [2.45, 2.75) is 64.5 Å². The summed E-state index contributed by atoms with van der Waals surface area (Å²) < 4.78 is 5.92. The molecule has 106 valence electrons. The van der Waals surface area contributed by atoms with Gasteiger partial charge >= 0.3 is 0 Å². The third kappa shape index (κ3) is 3.73. The van der Waals surface area contributed by atoms with E-state index in [0.29, 0.717) is 6.04 Å². The average Bonchev–Trinajstić information content (AvgIpc) is 2.41. The van der Waals surface area contributed by atoms with Gasteiger partial charge in [0.05, 0.1) is 5.60 Å². The summed E-state index contributed by atoms with van der Waals surface area (Å²) >= 11 is 0. The maximum atomic E-state index is 5.92. The third-order valence-corrected chi connectivity index (χ3v) is 4.24. The first kappa shape index (κ1) is 14.4. The molecule has 1 saturated heterocycles. The van der Waals surface area contributed by atoms with Crippen molar-refractivity contribution in [2.24, 2.45) is 0 Å². The fourth-order valence-electron chi connectivity index (χ4n) is 2.87. The Bertz CT molecular complexity index is 404. The molecular formula is C17H27NO. The maximum absolute atomic E-state index is 5.92. The van der Waals surface area contributed by atoms with Crippen molar-refractivity contribution < 1.29 is 4.74 Å². The second kappa shape index (κ2) is 6.42. The summed E-state index contributed by atoms with van der Waals surface area (Å²) in [5.41, 5.74) is 2.81. The molecule has 0 saturated carbocycles. The van der Waals surface area contributed by atoms with Crippen molar-refractivity contribution in [3.63, 3.8) is 0 Å². The summed E-state index contributed by atoms with van der Waals surface area (Å²) in [6.45, 7) is 7.56. The van der Waals surface area contributed by atoms with Crippen LogP contribution in [-0.2, 0) is 11.2 Å². The molecule has 0 bridgehead atoms. The van der Waals surface area contributed by atoms with E-state index in [9.17, 15) is 0 Å². The number of hydrogen-bond acceptors (Lipinski definition) is 2. The Balaban J connectivity index is 2.04. The maximum Gasteiger partial charge on any atom is 0.0671 e. The zero-order chi connectivity index (χ0) is 13.7. The van der Waals surface area contributed by atoms with Crippen LogP contribution >= 0.6 is 0 Å². The second-order valence-electron chi connectivity index (χ2n) is 5.89. The first-order valence-corrected chi connectivity index (χ1v) is 7.65. The van der Waals surface area contributed by atoms with Gasteiger partial charge in [0.25, 0.3) is 0 Å². The minimum atomic E-state index is 0.0512. The van der Waals surface area contributed by atoms with Crippen LogP contribution in [0.4, 0.5) is 5.69 Å². The van der Waals surface area contributed by atoms with Crippen molar-refractivity contribution >= 4 is 5.69 Å². The molecule has 1 heterocycles. The van der Waals surface area contributed by atoms with Crippen LogP contribution in [0.1, 0.15) is 52.0 Å². The van der Waals surface area contributed by atoms with Gasteiger partial charge < -0.3 is 10.1 Å². The molecule has 2 nitrogen and oxygen atoms in total. The van der Waals surface area contributed by atoms with Crippen LogP contribution in [-0.4, -0.2) is 18.2 Å². The molecule has 1 aromatic rings. The molecule has 0 amide bonds. The number of nitrogens with one attached hydrogen (secondary N) is 1. The third-order valence-electron chi connectivity index (χ3n) is 4.24. The predicted octanol–water partition coefficient (Wildman–Crippen LogP) is 4.40. The van der Waals surface area contributed by atoms with Crippen LogP contribution in [0.25, 0.3) is 0 Å². The van der Waals surface area contributed by atoms with Gasteiger partial charge in [-0.1, -0.05) is 38.5 Å². The zero-order valence-corrected chi connectivity index (χ0v) is 12.5. The highest BCUT2D eigenvalue weighted by atomic mass is 16.5. The Labute approximate surface area is 117 Å². The lowest BCUT2D eigenvalue weighted by Crippen LogP contribution is -2.42. The molecule has 1 fully saturated rings. The summed E-state index contributed by atoms with van der Waals surface area (Å²) in [5.74, 6) is 0. The fourth-order valence-corrected chi connectivity index (χ4v) is 2.87. The molecule has 2 unspecified atom stereocenters. The van der Waals surface area contributed by atoms with Crippen molar-refractivity contribution in [1.82, 2.24) is 0 Å². The summed E-state index contributed by atoms with van der Waals surface area (Å²) in [6, 6.07) is 9.25. The highest BCUT2D eigenvalue weighted by Crippen LogP contribution is 2.30. The highest BCUT2D eigenvalue weighted by Gasteiger charge is 2.31. The molecular weight excluding hydrogens is 234 g/mol. The standard InChI is InChI=1S/C17H27NO/c1-4-8-14-9-6-7-10-16(14)18-15-11-12-19-17(3,5-2)13-15/h6-7,9-10,15,18H,4-5,8,11-13H2,1-3H3. The van der Waals surface area contributed by atoms with Crippen LogP contribution in [0, 0.1) is 0 Å². The Kier molecular flexibility index (Phi) is 4.87. The number of anilines is 1. The Morgan fingerprint density at radius 3 is 2.84 bits per heavy atom. The zero-order valence-electron chi connectivity index (χ0n) is 12.5. The molecule has 1 N–H and O–H groups in total. The second-order valence-corrected chi connectivity index (χ2v) is 5.89. The number of benzene rings is 1. The Morgan fingerprint density at radius 2 is 2.11 bits per heavy atom. The molecule has 0 aliphatic carbocycles. The van der Waals surface area contributed by atoms with E-state index in [4.69, 9.17) is 4.74 Å². The van der Waals surface area contributed by atoms with Gasteiger partial charge in [-0.15, -0.1) is 0 Å². The minimum Gasteiger partial charge on any atom is -0.382 e. The summed E-state index contributed by atoms with van der Waals surface area (Å²) in [4.78, 5) is 0. The van der Waals surface area contributed by atoms with Gasteiger partial charge in [0.2, 0.25) is 0 Å². The molecule has 2 rings (SSSR count). The molecule has 2 heteroatoms. The van der Waals surface area contributed by atoms with Gasteiger partial charge in [0.1, 0.15) is 0 Å². The highest BCUT2D eigenvalue weighted by molar-refractivity contribution is 5.52. The SMILES string of the molecule is CCCc1ccccc1NC1CCOC(C)(CC)C1. The monoisotopic (exact) mass is 261 g/mol. The van der Waals surface area contributed by atoms with Gasteiger partial charge in [-0.2, -0.15) is 0 Å². The number of hydrogen-bond donors (Lipinski definition) is 1. The topological polar surface area (TPSA) is 21.3 Å². The fraction of sp³-hybridized carbons (Fsp3) is 0.647.